The van der Waals surface area contributed by atoms with Crippen LogP contribution < -0.4 is 5.32 Å². The van der Waals surface area contributed by atoms with Gasteiger partial charge in [-0.3, -0.25) is 0 Å². The first-order valence-electron chi connectivity index (χ1n) is 6.83. The fourth-order valence-corrected chi connectivity index (χ4v) is 1.71. The lowest BCUT2D eigenvalue weighted by Crippen LogP contribution is -2.25. The number of ether oxygens (including phenoxy) is 1. The number of hydrogen-bond donors (Lipinski definition) is 2. The summed E-state index contributed by atoms with van der Waals surface area (Å²) in [4.78, 5) is 0. The predicted octanol–water partition coefficient (Wildman–Crippen LogP) is 3.05. The van der Waals surface area contributed by atoms with Crippen molar-refractivity contribution in [2.75, 3.05) is 25.1 Å². The molecule has 0 spiro atoms. The lowest BCUT2D eigenvalue weighted by Gasteiger charge is -2.13. The van der Waals surface area contributed by atoms with Gasteiger partial charge in [0.25, 0.3) is 0 Å². The molecule has 0 heterocycles. The molecule has 4 heteroatoms. The Hall–Kier alpha value is -1.13. The molecule has 1 aromatic carbocycles. The minimum atomic E-state index is -0.581. The maximum absolute atomic E-state index is 12.9. The minimum absolute atomic E-state index is 0.288. The number of halogens is 1. The first-order valence-corrected chi connectivity index (χ1v) is 6.83. The summed E-state index contributed by atoms with van der Waals surface area (Å²) in [7, 11) is 0. The summed E-state index contributed by atoms with van der Waals surface area (Å²) in [5.41, 5.74) is 0.666. The van der Waals surface area contributed by atoms with Crippen LogP contribution in [0.25, 0.3) is 0 Å². The van der Waals surface area contributed by atoms with Crippen molar-refractivity contribution in [2.24, 2.45) is 5.92 Å². The van der Waals surface area contributed by atoms with Crippen molar-refractivity contribution in [3.63, 3.8) is 0 Å². The van der Waals surface area contributed by atoms with Crippen LogP contribution in [0.2, 0.25) is 0 Å². The molecule has 0 aromatic heterocycles. The van der Waals surface area contributed by atoms with Gasteiger partial charge in [-0.05, 0) is 37.0 Å². The second-order valence-electron chi connectivity index (χ2n) is 5.16. The van der Waals surface area contributed by atoms with Gasteiger partial charge in [-0.25, -0.2) is 4.39 Å². The molecule has 108 valence electrons. The smallest absolute Gasteiger partial charge is 0.125 e. The number of benzene rings is 1. The van der Waals surface area contributed by atoms with Crippen molar-refractivity contribution >= 4 is 5.69 Å². The second-order valence-corrected chi connectivity index (χ2v) is 5.16. The molecule has 0 aliphatic heterocycles. The van der Waals surface area contributed by atoms with Crippen molar-refractivity contribution < 1.29 is 14.2 Å². The van der Waals surface area contributed by atoms with E-state index in [9.17, 15) is 9.50 Å². The van der Waals surface area contributed by atoms with Gasteiger partial charge in [-0.1, -0.05) is 19.9 Å². The maximum Gasteiger partial charge on any atom is 0.125 e. The van der Waals surface area contributed by atoms with Crippen molar-refractivity contribution in [1.29, 1.82) is 0 Å². The van der Waals surface area contributed by atoms with Crippen molar-refractivity contribution in [3.8, 4) is 0 Å². The summed E-state index contributed by atoms with van der Waals surface area (Å²) in [6.45, 7) is 5.69. The second kappa shape index (κ2) is 8.88. The molecule has 0 saturated heterocycles. The lowest BCUT2D eigenvalue weighted by atomic mass is 10.1. The summed E-state index contributed by atoms with van der Waals surface area (Å²) < 4.78 is 18.3. The van der Waals surface area contributed by atoms with Crippen LogP contribution in [-0.2, 0) is 4.74 Å². The lowest BCUT2D eigenvalue weighted by molar-refractivity contribution is 0.0409. The third-order valence-electron chi connectivity index (χ3n) is 2.75. The van der Waals surface area contributed by atoms with Gasteiger partial charge in [-0.15, -0.1) is 0 Å². The largest absolute Gasteiger partial charge is 0.389 e. The number of rotatable bonds is 9. The summed E-state index contributed by atoms with van der Waals surface area (Å²) in [5.74, 6) is 0.396. The van der Waals surface area contributed by atoms with Gasteiger partial charge in [0.15, 0.2) is 0 Å². The highest BCUT2D eigenvalue weighted by molar-refractivity contribution is 5.43. The average molecular weight is 269 g/mol. The monoisotopic (exact) mass is 269 g/mol. The summed E-state index contributed by atoms with van der Waals surface area (Å²) in [6.07, 6.45) is 1.57. The van der Waals surface area contributed by atoms with Gasteiger partial charge in [-0.2, -0.15) is 0 Å². The molecule has 0 radical (unpaired) electrons. The molecule has 19 heavy (non-hydrogen) atoms. The van der Waals surface area contributed by atoms with Crippen LogP contribution in [0.1, 0.15) is 26.7 Å². The molecule has 0 aliphatic rings. The Morgan fingerprint density at radius 2 is 2.16 bits per heavy atom. The van der Waals surface area contributed by atoms with Crippen LogP contribution in [-0.4, -0.2) is 31.0 Å². The highest BCUT2D eigenvalue weighted by Gasteiger charge is 2.04. The van der Waals surface area contributed by atoms with Crippen LogP contribution >= 0.6 is 0 Å². The topological polar surface area (TPSA) is 41.5 Å². The molecule has 1 aromatic rings. The van der Waals surface area contributed by atoms with E-state index in [-0.39, 0.29) is 5.82 Å². The van der Waals surface area contributed by atoms with Crippen LogP contribution in [0.5, 0.6) is 0 Å². The van der Waals surface area contributed by atoms with Gasteiger partial charge >= 0.3 is 0 Å². The molecule has 0 saturated carbocycles. The van der Waals surface area contributed by atoms with Crippen LogP contribution in [0.15, 0.2) is 24.3 Å². The molecule has 1 rings (SSSR count). The van der Waals surface area contributed by atoms with Gasteiger partial charge in [0.2, 0.25) is 0 Å². The number of anilines is 1. The zero-order chi connectivity index (χ0) is 14.1. The molecule has 2 N–H and O–H groups in total. The standard InChI is InChI=1S/C15H24FNO2/c1-12(2)5-4-8-19-11-15(18)10-17-14-7-3-6-13(16)9-14/h3,6-7,9,12,15,17-18H,4-5,8,10-11H2,1-2H3. The van der Waals surface area contributed by atoms with Gasteiger partial charge < -0.3 is 15.2 Å². The maximum atomic E-state index is 12.9. The first-order chi connectivity index (χ1) is 9.08. The van der Waals surface area contributed by atoms with E-state index in [1.807, 2.05) is 0 Å². The quantitative estimate of drug-likeness (QED) is 0.677. The Morgan fingerprint density at radius 3 is 2.84 bits per heavy atom. The number of aliphatic hydroxyl groups excluding tert-OH is 1. The fourth-order valence-electron chi connectivity index (χ4n) is 1.71. The van der Waals surface area contributed by atoms with Gasteiger partial charge in [0.1, 0.15) is 5.82 Å². The highest BCUT2D eigenvalue weighted by atomic mass is 19.1. The molecular weight excluding hydrogens is 245 g/mol. The third-order valence-corrected chi connectivity index (χ3v) is 2.75. The Kier molecular flexibility index (Phi) is 7.45. The van der Waals surface area contributed by atoms with E-state index in [2.05, 4.69) is 19.2 Å². The number of nitrogens with one attached hydrogen (secondary N) is 1. The van der Waals surface area contributed by atoms with E-state index in [0.29, 0.717) is 31.4 Å². The summed E-state index contributed by atoms with van der Waals surface area (Å²) >= 11 is 0. The molecule has 1 atom stereocenters. The predicted molar refractivity (Wildman–Crippen MR) is 75.8 cm³/mol. The minimum Gasteiger partial charge on any atom is -0.389 e. The molecule has 0 fully saturated rings. The third kappa shape index (κ3) is 7.80. The van der Waals surface area contributed by atoms with Gasteiger partial charge in [0, 0.05) is 18.8 Å². The van der Waals surface area contributed by atoms with Crippen LogP contribution in [0, 0.1) is 11.7 Å². The Bertz CT molecular complexity index is 358. The number of aliphatic hydroxyl groups is 1. The van der Waals surface area contributed by atoms with Crippen molar-refractivity contribution in [2.45, 2.75) is 32.8 Å². The summed E-state index contributed by atoms with van der Waals surface area (Å²) in [5, 5.41) is 12.7. The van der Waals surface area contributed by atoms with E-state index in [4.69, 9.17) is 4.74 Å². The molecular formula is C15H24FNO2. The number of hydrogen-bond acceptors (Lipinski definition) is 3. The normalized spacial score (nSPS) is 12.7. The molecule has 0 amide bonds. The summed E-state index contributed by atoms with van der Waals surface area (Å²) in [6, 6.07) is 6.18. The zero-order valence-corrected chi connectivity index (χ0v) is 11.7. The molecule has 0 aliphatic carbocycles. The van der Waals surface area contributed by atoms with E-state index in [1.54, 1.807) is 12.1 Å². The zero-order valence-electron chi connectivity index (χ0n) is 11.7. The first kappa shape index (κ1) is 15.9. The molecule has 1 unspecified atom stereocenters. The SMILES string of the molecule is CC(C)CCCOCC(O)CNc1cccc(F)c1. The molecule has 0 bridgehead atoms. The van der Waals surface area contributed by atoms with Crippen LogP contribution in [0.3, 0.4) is 0 Å². The molecule has 3 nitrogen and oxygen atoms in total. The van der Waals surface area contributed by atoms with E-state index >= 15 is 0 Å². The van der Waals surface area contributed by atoms with Crippen molar-refractivity contribution in [1.82, 2.24) is 0 Å². The van der Waals surface area contributed by atoms with E-state index in [0.717, 1.165) is 12.8 Å². The highest BCUT2D eigenvalue weighted by Crippen LogP contribution is 2.09. The average Bonchev–Trinajstić information content (AvgIpc) is 2.35. The van der Waals surface area contributed by atoms with Crippen molar-refractivity contribution in [3.05, 3.63) is 30.1 Å². The fraction of sp³-hybridized carbons (Fsp3) is 0.600. The van der Waals surface area contributed by atoms with Crippen LogP contribution in [0.4, 0.5) is 10.1 Å². The Morgan fingerprint density at radius 1 is 1.37 bits per heavy atom. The van der Waals surface area contributed by atoms with E-state index < -0.39 is 6.10 Å². The van der Waals surface area contributed by atoms with Gasteiger partial charge in [0.05, 0.1) is 12.7 Å². The Balaban J connectivity index is 2.09. The van der Waals surface area contributed by atoms with E-state index in [1.165, 1.54) is 12.1 Å². The Labute approximate surface area is 114 Å².